The first-order chi connectivity index (χ1) is 17.3. The molecule has 1 saturated carbocycles. The summed E-state index contributed by atoms with van der Waals surface area (Å²) in [6, 6.07) is 6.64. The van der Waals surface area contributed by atoms with Crippen molar-refractivity contribution >= 4 is 11.3 Å². The molecule has 1 saturated heterocycles. The molecule has 1 spiro atoms. The first-order valence-electron chi connectivity index (χ1n) is 14.6. The fraction of sp³-hybridized carbons (Fsp3) is 0.609. The summed E-state index contributed by atoms with van der Waals surface area (Å²) >= 11 is 0.962. The highest BCUT2D eigenvalue weighted by Crippen LogP contribution is 2.50. The molecular weight excluding hydrogens is 354 g/mol. The van der Waals surface area contributed by atoms with Crippen molar-refractivity contribution in [1.29, 1.82) is 0 Å². The largest absolute Gasteiger partial charge is 0.496 e. The summed E-state index contributed by atoms with van der Waals surface area (Å²) < 4.78 is 101. The topological polar surface area (TPSA) is 31.4 Å². The molecule has 0 amide bonds. The minimum Gasteiger partial charge on any atom is -0.496 e. The van der Waals surface area contributed by atoms with Crippen molar-refractivity contribution in [3.63, 3.8) is 0 Å². The minimum absolute atomic E-state index is 0.00924. The zero-order valence-electron chi connectivity index (χ0n) is 26.1. The number of aryl methyl sites for hydroxylation is 1. The van der Waals surface area contributed by atoms with Crippen molar-refractivity contribution < 1.29 is 24.6 Å². The molecule has 4 heteroatoms. The Morgan fingerprint density at radius 2 is 2.26 bits per heavy atom. The Kier molecular flexibility index (Phi) is 3.05. The smallest absolute Gasteiger partial charge is 0.132 e. The third kappa shape index (κ3) is 4.07. The maximum atomic E-state index is 8.92. The molecule has 1 aliphatic heterocycles. The van der Waals surface area contributed by atoms with Gasteiger partial charge in [-0.1, -0.05) is 25.2 Å². The van der Waals surface area contributed by atoms with Crippen LogP contribution in [0.1, 0.15) is 83.3 Å². The number of thiophene rings is 1. The van der Waals surface area contributed by atoms with Crippen LogP contribution in [0.4, 0.5) is 0 Å². The molecule has 146 valence electrons. The standard InChI is InChI=1S/C23H31NO2S/c1-25-19-10-17-27-20(19)8-2-4-11-22(21-9-3-7-15-24-21)14-16-26-23(18-22)12-5-6-13-23/h3,7,9-10,15,17H,2,4-6,8,11-14,16,18H2,1H3/t22-/m1/s1/i1D3,4D2,5D2,6D2,8D2. The van der Waals surface area contributed by atoms with Gasteiger partial charge in [0.25, 0.3) is 0 Å². The highest BCUT2D eigenvalue weighted by atomic mass is 32.1. The van der Waals surface area contributed by atoms with E-state index in [1.165, 1.54) is 11.4 Å². The van der Waals surface area contributed by atoms with Crippen LogP contribution in [-0.4, -0.2) is 24.2 Å². The number of hydrogen-bond donors (Lipinski definition) is 0. The van der Waals surface area contributed by atoms with Crippen molar-refractivity contribution in [2.24, 2.45) is 0 Å². The molecule has 27 heavy (non-hydrogen) atoms. The van der Waals surface area contributed by atoms with Gasteiger partial charge in [0.1, 0.15) is 5.75 Å². The minimum atomic E-state index is -2.78. The number of nitrogens with zero attached hydrogens (tertiary/aromatic N) is 1. The molecule has 2 fully saturated rings. The summed E-state index contributed by atoms with van der Waals surface area (Å²) in [6.45, 7) is 0.160. The molecule has 2 aliphatic rings. The summed E-state index contributed by atoms with van der Waals surface area (Å²) in [5.74, 6) is -0.143. The van der Waals surface area contributed by atoms with Crippen LogP contribution < -0.4 is 4.74 Å². The van der Waals surface area contributed by atoms with E-state index in [-0.39, 0.29) is 42.9 Å². The second-order valence-corrected chi connectivity index (χ2v) is 8.07. The lowest BCUT2D eigenvalue weighted by atomic mass is 9.67. The van der Waals surface area contributed by atoms with E-state index in [0.717, 1.165) is 11.3 Å². The quantitative estimate of drug-likeness (QED) is 0.581. The lowest BCUT2D eigenvalue weighted by molar-refractivity contribution is -0.104. The molecule has 0 N–H and O–H groups in total. The zero-order chi connectivity index (χ0) is 28.3. The molecule has 0 aromatic carbocycles. The molecular formula is C23H31NO2S. The van der Waals surface area contributed by atoms with Gasteiger partial charge < -0.3 is 9.47 Å². The van der Waals surface area contributed by atoms with E-state index < -0.39 is 50.0 Å². The van der Waals surface area contributed by atoms with Crippen LogP contribution in [0, 0.1) is 0 Å². The first kappa shape index (κ1) is 9.89. The fourth-order valence-corrected chi connectivity index (χ4v) is 4.75. The van der Waals surface area contributed by atoms with Gasteiger partial charge in [0, 0.05) is 39.8 Å². The summed E-state index contributed by atoms with van der Waals surface area (Å²) in [7, 11) is -2.78. The normalized spacial score (nSPS) is 35.6. The molecule has 2 aromatic heterocycles. The van der Waals surface area contributed by atoms with Gasteiger partial charge in [-0.2, -0.15) is 0 Å². The van der Waals surface area contributed by atoms with Crippen molar-refractivity contribution in [1.82, 2.24) is 4.98 Å². The molecule has 3 nitrogen and oxygen atoms in total. The fourth-order valence-electron chi connectivity index (χ4n) is 4.04. The van der Waals surface area contributed by atoms with Gasteiger partial charge >= 0.3 is 0 Å². The summed E-state index contributed by atoms with van der Waals surface area (Å²) in [5.41, 5.74) is -1.53. The maximum absolute atomic E-state index is 8.92. The van der Waals surface area contributed by atoms with Crippen LogP contribution in [0.2, 0.25) is 0 Å². The van der Waals surface area contributed by atoms with Crippen molar-refractivity contribution in [3.05, 3.63) is 46.4 Å². The highest BCUT2D eigenvalue weighted by Gasteiger charge is 2.48. The third-order valence-corrected chi connectivity index (χ3v) is 6.23. The molecule has 3 heterocycles. The van der Waals surface area contributed by atoms with Crippen LogP contribution in [0.3, 0.4) is 0 Å². The monoisotopic (exact) mass is 396 g/mol. The number of aromatic nitrogens is 1. The van der Waals surface area contributed by atoms with Crippen molar-refractivity contribution in [2.45, 2.75) is 75.0 Å². The Labute approximate surface area is 182 Å². The zero-order valence-corrected chi connectivity index (χ0v) is 15.9. The molecule has 0 unspecified atom stereocenters. The SMILES string of the molecule is [2H]C([2H])(CC([2H])([2H])c1sccc1OC([2H])([2H])[2H])C[C@@]1(c2ccccn2)CCOC2(CC([2H])([2H])C([2H])([2H])C2)C1. The Balaban J connectivity index is 1.65. The van der Waals surface area contributed by atoms with Gasteiger partial charge in [0.15, 0.2) is 0 Å². The van der Waals surface area contributed by atoms with Gasteiger partial charge in [-0.05, 0) is 68.5 Å². The predicted octanol–water partition coefficient (Wildman–Crippen LogP) is 5.93. The van der Waals surface area contributed by atoms with Crippen LogP contribution >= 0.6 is 11.3 Å². The lowest BCUT2D eigenvalue weighted by Crippen LogP contribution is -2.46. The average Bonchev–Trinajstić information content (AvgIpc) is 3.25. The van der Waals surface area contributed by atoms with E-state index in [9.17, 15) is 0 Å². The Bertz CT molecular complexity index is 1120. The molecule has 0 bridgehead atoms. The van der Waals surface area contributed by atoms with Crippen molar-refractivity contribution in [3.8, 4) is 5.75 Å². The number of hydrogen-bond acceptors (Lipinski definition) is 4. The second kappa shape index (κ2) is 8.32. The van der Waals surface area contributed by atoms with Crippen LogP contribution in [0.15, 0.2) is 35.8 Å². The van der Waals surface area contributed by atoms with Gasteiger partial charge in [-0.25, -0.2) is 0 Å². The number of ether oxygens (including phenoxy) is 2. The van der Waals surface area contributed by atoms with Crippen LogP contribution in [0.5, 0.6) is 5.75 Å². The van der Waals surface area contributed by atoms with Gasteiger partial charge in [0.05, 0.1) is 16.8 Å². The molecule has 1 aliphatic carbocycles. The van der Waals surface area contributed by atoms with Gasteiger partial charge in [0.2, 0.25) is 0 Å². The number of pyridine rings is 1. The first-order valence-corrected chi connectivity index (χ1v) is 10.0. The van der Waals surface area contributed by atoms with Gasteiger partial charge in [-0.3, -0.25) is 4.98 Å². The predicted molar refractivity (Wildman–Crippen MR) is 111 cm³/mol. The maximum Gasteiger partial charge on any atom is 0.132 e. The average molecular weight is 397 g/mol. The van der Waals surface area contributed by atoms with E-state index in [4.69, 9.17) is 24.6 Å². The third-order valence-electron chi connectivity index (χ3n) is 5.38. The van der Waals surface area contributed by atoms with Gasteiger partial charge in [-0.15, -0.1) is 11.3 Å². The number of rotatable bonds is 7. The summed E-state index contributed by atoms with van der Waals surface area (Å²) in [5, 5.41) is 1.50. The summed E-state index contributed by atoms with van der Waals surface area (Å²) in [6.07, 6.45) is -7.57. The Morgan fingerprint density at radius 3 is 3.07 bits per heavy atom. The van der Waals surface area contributed by atoms with E-state index in [1.54, 1.807) is 24.4 Å². The Hall–Kier alpha value is -1.39. The number of methoxy groups -OCH3 is 1. The molecule has 4 rings (SSSR count). The van der Waals surface area contributed by atoms with Crippen LogP contribution in [0.25, 0.3) is 0 Å². The van der Waals surface area contributed by atoms with E-state index >= 15 is 0 Å². The van der Waals surface area contributed by atoms with E-state index in [0.29, 0.717) is 12.1 Å². The van der Waals surface area contributed by atoms with Crippen LogP contribution in [-0.2, 0) is 16.5 Å². The second-order valence-electron chi connectivity index (χ2n) is 7.16. The van der Waals surface area contributed by atoms with E-state index in [2.05, 4.69) is 4.98 Å². The lowest BCUT2D eigenvalue weighted by Gasteiger charge is -2.46. The Morgan fingerprint density at radius 1 is 1.33 bits per heavy atom. The molecule has 0 radical (unpaired) electrons. The molecule has 2 aromatic rings. The highest BCUT2D eigenvalue weighted by molar-refractivity contribution is 7.10. The van der Waals surface area contributed by atoms with Crippen molar-refractivity contribution in [2.75, 3.05) is 13.6 Å². The van der Waals surface area contributed by atoms with E-state index in [1.807, 2.05) is 0 Å². The summed E-state index contributed by atoms with van der Waals surface area (Å²) in [4.78, 5) is 4.49. The molecule has 1 atom stereocenters.